The number of nitrogens with zero attached hydrogens (tertiary/aromatic N) is 2. The van der Waals surface area contributed by atoms with Crippen LogP contribution in [0.3, 0.4) is 0 Å². The molecule has 5 heteroatoms. The molecule has 0 atom stereocenters. The van der Waals surface area contributed by atoms with Crippen molar-refractivity contribution in [1.29, 1.82) is 0 Å². The molecule has 2 aromatic heterocycles. The largest absolute Gasteiger partial charge is 0.379 e. The summed E-state index contributed by atoms with van der Waals surface area (Å²) in [4.78, 5) is 17.3. The van der Waals surface area contributed by atoms with E-state index in [-0.39, 0.29) is 5.56 Å². The third kappa shape index (κ3) is 2.81. The van der Waals surface area contributed by atoms with Crippen molar-refractivity contribution in [1.82, 2.24) is 9.38 Å². The first-order valence-electron chi connectivity index (χ1n) is 7.65. The van der Waals surface area contributed by atoms with Crippen molar-refractivity contribution >= 4 is 22.0 Å². The first-order valence-corrected chi connectivity index (χ1v) is 8.53. The molecule has 2 aromatic carbocycles. The maximum Gasteiger partial charge on any atom is 0.258 e. The Kier molecular flexibility index (Phi) is 3.84. The summed E-state index contributed by atoms with van der Waals surface area (Å²) in [5, 5.41) is 5.27. The van der Waals surface area contributed by atoms with Crippen LogP contribution < -0.4 is 10.9 Å². The van der Waals surface area contributed by atoms with Crippen LogP contribution in [0.5, 0.6) is 0 Å². The highest BCUT2D eigenvalue weighted by Gasteiger charge is 2.06. The minimum absolute atomic E-state index is 0.0469. The number of rotatable bonds is 4. The summed E-state index contributed by atoms with van der Waals surface area (Å²) in [5.74, 6) is 0. The number of anilines is 1. The molecule has 118 valence electrons. The lowest BCUT2D eigenvalue weighted by molar-refractivity contribution is 0.990. The van der Waals surface area contributed by atoms with Crippen LogP contribution in [0.2, 0.25) is 0 Å². The van der Waals surface area contributed by atoms with E-state index in [4.69, 9.17) is 0 Å². The van der Waals surface area contributed by atoms with Crippen LogP contribution in [0.25, 0.3) is 16.1 Å². The fourth-order valence-electron chi connectivity index (χ4n) is 2.67. The molecule has 0 radical (unpaired) electrons. The third-order valence-electron chi connectivity index (χ3n) is 3.83. The average molecular weight is 333 g/mol. The number of aromatic nitrogens is 2. The van der Waals surface area contributed by atoms with E-state index in [0.717, 1.165) is 27.5 Å². The molecular weight excluding hydrogens is 318 g/mol. The highest BCUT2D eigenvalue weighted by Crippen LogP contribution is 2.27. The number of benzene rings is 2. The van der Waals surface area contributed by atoms with Gasteiger partial charge in [0.2, 0.25) is 0 Å². The predicted molar refractivity (Wildman–Crippen MR) is 98.5 cm³/mol. The summed E-state index contributed by atoms with van der Waals surface area (Å²) >= 11 is 1.46. The summed E-state index contributed by atoms with van der Waals surface area (Å²) in [6.45, 7) is 0.507. The summed E-state index contributed by atoms with van der Waals surface area (Å²) in [5.41, 5.74) is 4.01. The fourth-order valence-corrected chi connectivity index (χ4v) is 3.41. The Bertz CT molecular complexity index is 1040. The highest BCUT2D eigenvalue weighted by atomic mass is 32.1. The summed E-state index contributed by atoms with van der Waals surface area (Å²) < 4.78 is 1.56. The van der Waals surface area contributed by atoms with Crippen molar-refractivity contribution in [2.45, 2.75) is 6.54 Å². The second-order valence-corrected chi connectivity index (χ2v) is 6.28. The maximum atomic E-state index is 12.1. The minimum Gasteiger partial charge on any atom is -0.379 e. The highest BCUT2D eigenvalue weighted by molar-refractivity contribution is 7.15. The van der Waals surface area contributed by atoms with E-state index in [1.54, 1.807) is 16.7 Å². The van der Waals surface area contributed by atoms with Crippen molar-refractivity contribution in [3.05, 3.63) is 88.3 Å². The zero-order chi connectivity index (χ0) is 16.4. The molecule has 0 saturated heterocycles. The monoisotopic (exact) mass is 333 g/mol. The lowest BCUT2D eigenvalue weighted by Crippen LogP contribution is -2.14. The number of hydrogen-bond acceptors (Lipinski definition) is 4. The van der Waals surface area contributed by atoms with Crippen molar-refractivity contribution in [2.24, 2.45) is 0 Å². The molecule has 0 saturated carbocycles. The van der Waals surface area contributed by atoms with Crippen molar-refractivity contribution in [2.75, 3.05) is 5.32 Å². The van der Waals surface area contributed by atoms with Gasteiger partial charge in [-0.1, -0.05) is 48.5 Å². The summed E-state index contributed by atoms with van der Waals surface area (Å²) in [7, 11) is 0. The topological polar surface area (TPSA) is 46.4 Å². The van der Waals surface area contributed by atoms with Gasteiger partial charge in [-0.15, -0.1) is 11.3 Å². The number of hydrogen-bond donors (Lipinski definition) is 1. The molecule has 0 bridgehead atoms. The molecule has 0 unspecified atom stereocenters. The molecule has 1 N–H and O–H groups in total. The van der Waals surface area contributed by atoms with E-state index in [1.807, 2.05) is 41.8 Å². The fraction of sp³-hybridized carbons (Fsp3) is 0.0526. The van der Waals surface area contributed by atoms with Gasteiger partial charge in [-0.3, -0.25) is 9.20 Å². The molecule has 0 spiro atoms. The molecule has 4 nitrogen and oxygen atoms in total. The quantitative estimate of drug-likeness (QED) is 0.613. The number of fused-ring (bicyclic) bond motifs is 1. The lowest BCUT2D eigenvalue weighted by atomic mass is 10.0. The van der Waals surface area contributed by atoms with Gasteiger partial charge in [0.05, 0.1) is 12.2 Å². The van der Waals surface area contributed by atoms with Crippen LogP contribution in [0.1, 0.15) is 5.69 Å². The van der Waals surface area contributed by atoms with Gasteiger partial charge in [0, 0.05) is 28.9 Å². The second-order valence-electron chi connectivity index (χ2n) is 5.41. The van der Waals surface area contributed by atoms with Crippen molar-refractivity contribution in [3.8, 4) is 11.1 Å². The summed E-state index contributed by atoms with van der Waals surface area (Å²) in [6.07, 6.45) is 1.75. The third-order valence-corrected chi connectivity index (χ3v) is 4.58. The van der Waals surface area contributed by atoms with Crippen molar-refractivity contribution < 1.29 is 0 Å². The van der Waals surface area contributed by atoms with Crippen molar-refractivity contribution in [3.63, 3.8) is 0 Å². The molecule has 0 fully saturated rings. The molecule has 0 aliphatic rings. The zero-order valence-electron chi connectivity index (χ0n) is 12.8. The van der Waals surface area contributed by atoms with Gasteiger partial charge in [-0.05, 0) is 11.6 Å². The number of thiazole rings is 1. The Morgan fingerprint density at radius 1 is 1.04 bits per heavy atom. The standard InChI is InChI=1S/C19H15N3OS/c23-18-12-15(21-19-22(18)10-11-24-19)13-20-17-9-5-4-8-16(17)14-6-2-1-3-7-14/h1-12,20H,13H2. The molecule has 0 aliphatic heterocycles. The van der Waals surface area contributed by atoms with Crippen LogP contribution in [0, 0.1) is 0 Å². The van der Waals surface area contributed by atoms with Crippen LogP contribution in [-0.4, -0.2) is 9.38 Å². The smallest absolute Gasteiger partial charge is 0.258 e. The summed E-state index contributed by atoms with van der Waals surface area (Å²) in [6, 6.07) is 20.0. The van der Waals surface area contributed by atoms with E-state index in [9.17, 15) is 4.79 Å². The van der Waals surface area contributed by atoms with Gasteiger partial charge < -0.3 is 5.32 Å². The average Bonchev–Trinajstić information content (AvgIpc) is 3.10. The number of para-hydroxylation sites is 1. The van der Waals surface area contributed by atoms with Gasteiger partial charge in [-0.2, -0.15) is 0 Å². The second kappa shape index (κ2) is 6.29. The van der Waals surface area contributed by atoms with E-state index < -0.39 is 0 Å². The Morgan fingerprint density at radius 3 is 2.71 bits per heavy atom. The van der Waals surface area contributed by atoms with E-state index >= 15 is 0 Å². The number of nitrogens with one attached hydrogen (secondary N) is 1. The predicted octanol–water partition coefficient (Wildman–Crippen LogP) is 4.04. The van der Waals surface area contributed by atoms with Gasteiger partial charge in [0.1, 0.15) is 0 Å². The molecular formula is C19H15N3OS. The minimum atomic E-state index is -0.0469. The first kappa shape index (κ1) is 14.7. The van der Waals surface area contributed by atoms with Crippen LogP contribution in [0.15, 0.2) is 77.0 Å². The molecule has 24 heavy (non-hydrogen) atoms. The first-order chi connectivity index (χ1) is 11.8. The Labute approximate surface area is 143 Å². The van der Waals surface area contributed by atoms with Gasteiger partial charge >= 0.3 is 0 Å². The maximum absolute atomic E-state index is 12.1. The van der Waals surface area contributed by atoms with Gasteiger partial charge in [0.15, 0.2) is 4.96 Å². The van der Waals surface area contributed by atoms with E-state index in [1.165, 1.54) is 11.3 Å². The van der Waals surface area contributed by atoms with Gasteiger partial charge in [-0.25, -0.2) is 4.98 Å². The van der Waals surface area contributed by atoms with Crippen LogP contribution >= 0.6 is 11.3 Å². The van der Waals surface area contributed by atoms with E-state index in [2.05, 4.69) is 28.5 Å². The zero-order valence-corrected chi connectivity index (χ0v) is 13.7. The lowest BCUT2D eigenvalue weighted by Gasteiger charge is -2.12. The normalized spacial score (nSPS) is 10.8. The molecule has 2 heterocycles. The van der Waals surface area contributed by atoms with E-state index in [0.29, 0.717) is 6.54 Å². The molecule has 4 rings (SSSR count). The molecule has 4 aromatic rings. The Hall–Kier alpha value is -2.92. The van der Waals surface area contributed by atoms with Crippen LogP contribution in [0.4, 0.5) is 5.69 Å². The molecule has 0 amide bonds. The Morgan fingerprint density at radius 2 is 1.83 bits per heavy atom. The Balaban J connectivity index is 1.63. The van der Waals surface area contributed by atoms with Crippen LogP contribution in [-0.2, 0) is 6.54 Å². The SMILES string of the molecule is O=c1cc(CNc2ccccc2-c2ccccc2)nc2sccn12. The van der Waals surface area contributed by atoms with Gasteiger partial charge in [0.25, 0.3) is 5.56 Å². The molecule has 0 aliphatic carbocycles.